The molecule has 1 aromatic heterocycles. The molecular formula is C25H43N5O5. The van der Waals surface area contributed by atoms with Gasteiger partial charge < -0.3 is 34.5 Å². The average Bonchev–Trinajstić information content (AvgIpc) is 3.60. The van der Waals surface area contributed by atoms with Gasteiger partial charge >= 0.3 is 0 Å². The molecule has 10 heteroatoms. The van der Waals surface area contributed by atoms with Crippen molar-refractivity contribution >= 4 is 5.91 Å². The first-order valence-electron chi connectivity index (χ1n) is 13.3. The second-order valence-electron chi connectivity index (χ2n) is 10.3. The molecule has 1 aliphatic heterocycles. The molecule has 4 N–H and O–H groups in total. The van der Waals surface area contributed by atoms with Gasteiger partial charge in [0.05, 0.1) is 31.0 Å². The summed E-state index contributed by atoms with van der Waals surface area (Å²) in [6.45, 7) is 4.87. The number of nitrogens with zero attached hydrogens (tertiary/aromatic N) is 3. The third-order valence-corrected chi connectivity index (χ3v) is 7.47. The van der Waals surface area contributed by atoms with Gasteiger partial charge in [0, 0.05) is 44.9 Å². The smallest absolute Gasteiger partial charge is 0.253 e. The lowest BCUT2D eigenvalue weighted by Gasteiger charge is -2.35. The summed E-state index contributed by atoms with van der Waals surface area (Å²) in [4.78, 5) is 20.7. The van der Waals surface area contributed by atoms with Gasteiger partial charge in [0.2, 0.25) is 6.41 Å². The highest BCUT2D eigenvalue weighted by Crippen LogP contribution is 2.37. The zero-order valence-electron chi connectivity index (χ0n) is 21.2. The molecule has 2 aliphatic carbocycles. The van der Waals surface area contributed by atoms with Crippen molar-refractivity contribution in [1.82, 2.24) is 25.1 Å². The van der Waals surface area contributed by atoms with E-state index in [9.17, 15) is 4.79 Å². The van der Waals surface area contributed by atoms with Gasteiger partial charge in [0.15, 0.2) is 0 Å². The highest BCUT2D eigenvalue weighted by Gasteiger charge is 2.41. The third-order valence-electron chi connectivity index (χ3n) is 7.47. The van der Waals surface area contributed by atoms with Crippen LogP contribution in [-0.2, 0) is 20.8 Å². The molecule has 3 aliphatic rings. The van der Waals surface area contributed by atoms with Gasteiger partial charge in [-0.3, -0.25) is 10.1 Å². The van der Waals surface area contributed by atoms with E-state index in [0.29, 0.717) is 32.2 Å². The van der Waals surface area contributed by atoms with Crippen LogP contribution in [-0.4, -0.2) is 88.6 Å². The lowest BCUT2D eigenvalue weighted by atomic mass is 9.88. The van der Waals surface area contributed by atoms with Crippen LogP contribution >= 0.6 is 0 Å². The molecule has 3 atom stereocenters. The van der Waals surface area contributed by atoms with Crippen molar-refractivity contribution in [2.24, 2.45) is 0 Å². The first-order chi connectivity index (χ1) is 17.0. The number of carbonyl (C=O) groups is 1. The van der Waals surface area contributed by atoms with E-state index in [2.05, 4.69) is 28.3 Å². The Kier molecular flexibility index (Phi) is 9.54. The summed E-state index contributed by atoms with van der Waals surface area (Å²) < 4.78 is 13.4. The number of methoxy groups -OCH3 is 1. The van der Waals surface area contributed by atoms with Gasteiger partial charge in [-0.05, 0) is 39.0 Å². The van der Waals surface area contributed by atoms with Crippen LogP contribution in [0.15, 0.2) is 6.20 Å². The Hall–Kier alpha value is -1.56. The second kappa shape index (κ2) is 12.6. The number of nitrogens with one attached hydrogen (secondary N) is 2. The standard InChI is InChI=1S/C25H43N5O5/c1-17(30(20-9-10-20)24(31)22-13-27-19(15-34-2)16-35-22)21-14-29(12-6-11-26-25(32)33)23(28-21)18-7-4-3-5-8-18/h14,17-20,22,25-27,32-33H,3-13,15-16H2,1-2H3/t17-,19+,22-/m1/s1. The normalized spacial score (nSPS) is 24.6. The van der Waals surface area contributed by atoms with E-state index in [1.807, 2.05) is 4.90 Å². The summed E-state index contributed by atoms with van der Waals surface area (Å²) in [6.07, 6.45) is 8.96. The number of carbonyl (C=O) groups excluding carboxylic acids is 1. The number of aliphatic hydroxyl groups is 2. The van der Waals surface area contributed by atoms with E-state index >= 15 is 0 Å². The quantitative estimate of drug-likeness (QED) is 0.254. The van der Waals surface area contributed by atoms with E-state index in [4.69, 9.17) is 24.7 Å². The number of ether oxygens (including phenoxy) is 2. The molecule has 0 aromatic carbocycles. The highest BCUT2D eigenvalue weighted by molar-refractivity contribution is 5.82. The molecule has 10 nitrogen and oxygen atoms in total. The second-order valence-corrected chi connectivity index (χ2v) is 10.3. The number of aromatic nitrogens is 2. The number of amides is 1. The summed E-state index contributed by atoms with van der Waals surface area (Å²) in [5, 5.41) is 24.2. The molecule has 0 radical (unpaired) electrons. The fourth-order valence-corrected chi connectivity index (χ4v) is 5.44. The molecule has 3 fully saturated rings. The first-order valence-corrected chi connectivity index (χ1v) is 13.3. The molecule has 2 heterocycles. The Morgan fingerprint density at radius 2 is 2.09 bits per heavy atom. The van der Waals surface area contributed by atoms with Crippen LogP contribution in [0.3, 0.4) is 0 Å². The van der Waals surface area contributed by atoms with Crippen molar-refractivity contribution in [3.63, 3.8) is 0 Å². The van der Waals surface area contributed by atoms with Gasteiger partial charge in [-0.15, -0.1) is 0 Å². The Morgan fingerprint density at radius 1 is 1.31 bits per heavy atom. The van der Waals surface area contributed by atoms with E-state index in [1.165, 1.54) is 19.3 Å². The number of aliphatic hydroxyl groups excluding tert-OH is 1. The molecule has 0 spiro atoms. The van der Waals surface area contributed by atoms with E-state index in [1.54, 1.807) is 7.11 Å². The molecule has 1 amide bonds. The molecule has 35 heavy (non-hydrogen) atoms. The predicted octanol–water partition coefficient (Wildman–Crippen LogP) is 1.23. The van der Waals surface area contributed by atoms with Crippen LogP contribution in [0.1, 0.15) is 81.8 Å². The van der Waals surface area contributed by atoms with Gasteiger partial charge in [-0.1, -0.05) is 19.3 Å². The lowest BCUT2D eigenvalue weighted by molar-refractivity contribution is -0.150. The monoisotopic (exact) mass is 493 g/mol. The minimum absolute atomic E-state index is 0.0401. The minimum Gasteiger partial charge on any atom is -0.383 e. The van der Waals surface area contributed by atoms with Crippen molar-refractivity contribution in [3.05, 3.63) is 17.7 Å². The minimum atomic E-state index is -1.49. The number of imidazole rings is 1. The number of morpholine rings is 1. The van der Waals surface area contributed by atoms with E-state index in [-0.39, 0.29) is 24.0 Å². The Morgan fingerprint density at radius 3 is 2.71 bits per heavy atom. The summed E-state index contributed by atoms with van der Waals surface area (Å²) in [7, 11) is 1.67. The van der Waals surface area contributed by atoms with Crippen LogP contribution in [0, 0.1) is 0 Å². The molecule has 1 saturated heterocycles. The van der Waals surface area contributed by atoms with E-state index in [0.717, 1.165) is 50.2 Å². The molecule has 198 valence electrons. The number of hydrogen-bond donors (Lipinski definition) is 4. The Balaban J connectivity index is 1.47. The van der Waals surface area contributed by atoms with Crippen LogP contribution < -0.4 is 10.6 Å². The molecule has 0 bridgehead atoms. The summed E-state index contributed by atoms with van der Waals surface area (Å²) in [5.41, 5.74) is 0.932. The van der Waals surface area contributed by atoms with Crippen LogP contribution in [0.4, 0.5) is 0 Å². The van der Waals surface area contributed by atoms with E-state index < -0.39 is 12.5 Å². The molecule has 1 aromatic rings. The fraction of sp³-hybridized carbons (Fsp3) is 0.840. The maximum atomic E-state index is 13.6. The molecule has 2 saturated carbocycles. The fourth-order valence-electron chi connectivity index (χ4n) is 5.44. The number of hydrogen-bond acceptors (Lipinski definition) is 8. The van der Waals surface area contributed by atoms with Gasteiger partial charge in [-0.25, -0.2) is 4.98 Å². The van der Waals surface area contributed by atoms with Gasteiger partial charge in [0.1, 0.15) is 11.9 Å². The molecular weight excluding hydrogens is 450 g/mol. The van der Waals surface area contributed by atoms with Gasteiger partial charge in [-0.2, -0.15) is 0 Å². The highest BCUT2D eigenvalue weighted by atomic mass is 16.5. The van der Waals surface area contributed by atoms with Crippen LogP contribution in [0.25, 0.3) is 0 Å². The first kappa shape index (κ1) is 26.5. The third kappa shape index (κ3) is 7.02. The van der Waals surface area contributed by atoms with Crippen molar-refractivity contribution in [3.8, 4) is 0 Å². The zero-order chi connectivity index (χ0) is 24.8. The maximum absolute atomic E-state index is 13.6. The van der Waals surface area contributed by atoms with Crippen LogP contribution in [0.2, 0.25) is 0 Å². The van der Waals surface area contributed by atoms with Crippen molar-refractivity contribution in [1.29, 1.82) is 0 Å². The SMILES string of the molecule is COC[C@H]1CO[C@@H](C(=O)N(C2CC2)[C@H](C)c2cn(CCCNC(O)O)c(C3CCCCC3)n2)CN1. The summed E-state index contributed by atoms with van der Waals surface area (Å²) in [6, 6.07) is 0.235. The zero-order valence-corrected chi connectivity index (χ0v) is 21.2. The molecule has 0 unspecified atom stereocenters. The largest absolute Gasteiger partial charge is 0.383 e. The van der Waals surface area contributed by atoms with Crippen LogP contribution in [0.5, 0.6) is 0 Å². The average molecular weight is 494 g/mol. The van der Waals surface area contributed by atoms with Gasteiger partial charge in [0.25, 0.3) is 5.91 Å². The molecule has 4 rings (SSSR count). The Bertz CT molecular complexity index is 800. The Labute approximate surface area is 208 Å². The summed E-state index contributed by atoms with van der Waals surface area (Å²) >= 11 is 0. The lowest BCUT2D eigenvalue weighted by Crippen LogP contribution is -2.55. The van der Waals surface area contributed by atoms with Crippen molar-refractivity contribution in [2.75, 3.05) is 33.4 Å². The number of aryl methyl sites for hydroxylation is 1. The van der Waals surface area contributed by atoms with Crippen molar-refractivity contribution < 1.29 is 24.5 Å². The number of rotatable bonds is 12. The topological polar surface area (TPSA) is 121 Å². The maximum Gasteiger partial charge on any atom is 0.253 e. The summed E-state index contributed by atoms with van der Waals surface area (Å²) in [5.74, 6) is 1.59. The predicted molar refractivity (Wildman–Crippen MR) is 131 cm³/mol. The van der Waals surface area contributed by atoms with Crippen molar-refractivity contribution in [2.45, 2.75) is 101 Å².